The van der Waals surface area contributed by atoms with E-state index in [0.29, 0.717) is 6.61 Å². The van der Waals surface area contributed by atoms with Crippen LogP contribution in [0.2, 0.25) is 0 Å². The quantitative estimate of drug-likeness (QED) is 0.602. The van der Waals surface area contributed by atoms with E-state index in [-0.39, 0.29) is 12.6 Å². The van der Waals surface area contributed by atoms with E-state index in [1.54, 1.807) is 0 Å². The molecule has 1 atom stereocenters. The van der Waals surface area contributed by atoms with Gasteiger partial charge in [-0.15, -0.1) is 0 Å². The molecule has 2 fully saturated rings. The van der Waals surface area contributed by atoms with Crippen molar-refractivity contribution in [3.63, 3.8) is 0 Å². The first-order chi connectivity index (χ1) is 7.40. The SMILES string of the molecule is OCC1COCCN1CCCNC1CC1. The Morgan fingerprint density at radius 3 is 3.00 bits per heavy atom. The number of aliphatic hydroxyl groups excluding tert-OH is 1. The van der Waals surface area contributed by atoms with Crippen LogP contribution >= 0.6 is 0 Å². The fourth-order valence-electron chi connectivity index (χ4n) is 2.03. The summed E-state index contributed by atoms with van der Waals surface area (Å²) in [5.41, 5.74) is 0. The summed E-state index contributed by atoms with van der Waals surface area (Å²) in [7, 11) is 0. The molecule has 2 rings (SSSR count). The van der Waals surface area contributed by atoms with Gasteiger partial charge in [-0.25, -0.2) is 0 Å². The van der Waals surface area contributed by atoms with Gasteiger partial charge in [0.1, 0.15) is 0 Å². The summed E-state index contributed by atoms with van der Waals surface area (Å²) in [6.07, 6.45) is 3.89. The number of rotatable bonds is 6. The summed E-state index contributed by atoms with van der Waals surface area (Å²) < 4.78 is 5.34. The molecule has 1 aliphatic carbocycles. The third-order valence-corrected chi connectivity index (χ3v) is 3.19. The minimum atomic E-state index is 0.218. The summed E-state index contributed by atoms with van der Waals surface area (Å²) in [4.78, 5) is 2.35. The predicted octanol–water partition coefficient (Wildman–Crippen LogP) is -0.178. The number of hydrogen-bond acceptors (Lipinski definition) is 4. The zero-order valence-corrected chi connectivity index (χ0v) is 9.32. The summed E-state index contributed by atoms with van der Waals surface area (Å²) in [6.45, 7) is 4.87. The second-order valence-electron chi connectivity index (χ2n) is 4.53. The van der Waals surface area contributed by atoms with Crippen LogP contribution in [-0.2, 0) is 4.74 Å². The van der Waals surface area contributed by atoms with Gasteiger partial charge in [-0.3, -0.25) is 4.90 Å². The lowest BCUT2D eigenvalue weighted by molar-refractivity contribution is -0.0275. The molecule has 1 heterocycles. The maximum absolute atomic E-state index is 9.18. The van der Waals surface area contributed by atoms with Crippen molar-refractivity contribution in [2.75, 3.05) is 39.5 Å². The molecule has 0 spiro atoms. The normalized spacial score (nSPS) is 28.2. The van der Waals surface area contributed by atoms with Crippen LogP contribution in [0.5, 0.6) is 0 Å². The van der Waals surface area contributed by atoms with E-state index in [2.05, 4.69) is 10.2 Å². The van der Waals surface area contributed by atoms with Crippen molar-refractivity contribution in [1.29, 1.82) is 0 Å². The monoisotopic (exact) mass is 214 g/mol. The van der Waals surface area contributed by atoms with Crippen LogP contribution in [0.25, 0.3) is 0 Å². The van der Waals surface area contributed by atoms with Gasteiger partial charge in [0.05, 0.1) is 25.9 Å². The van der Waals surface area contributed by atoms with Crippen molar-refractivity contribution in [3.8, 4) is 0 Å². The molecular weight excluding hydrogens is 192 g/mol. The topological polar surface area (TPSA) is 44.7 Å². The van der Waals surface area contributed by atoms with Crippen molar-refractivity contribution in [1.82, 2.24) is 10.2 Å². The van der Waals surface area contributed by atoms with Crippen LogP contribution in [0.15, 0.2) is 0 Å². The summed E-state index contributed by atoms with van der Waals surface area (Å²) in [6, 6.07) is 1.03. The molecular formula is C11H22N2O2. The van der Waals surface area contributed by atoms with Crippen LogP contribution in [-0.4, -0.2) is 61.5 Å². The predicted molar refractivity (Wildman–Crippen MR) is 58.9 cm³/mol. The second-order valence-corrected chi connectivity index (χ2v) is 4.53. The highest BCUT2D eigenvalue weighted by atomic mass is 16.5. The van der Waals surface area contributed by atoms with Crippen LogP contribution in [0, 0.1) is 0 Å². The van der Waals surface area contributed by atoms with Crippen molar-refractivity contribution >= 4 is 0 Å². The van der Waals surface area contributed by atoms with E-state index in [9.17, 15) is 5.11 Å². The average Bonchev–Trinajstić information content (AvgIpc) is 3.09. The van der Waals surface area contributed by atoms with Crippen molar-refractivity contribution in [3.05, 3.63) is 0 Å². The van der Waals surface area contributed by atoms with E-state index in [1.807, 2.05) is 0 Å². The summed E-state index contributed by atoms with van der Waals surface area (Å²) in [5, 5.41) is 12.7. The first-order valence-electron chi connectivity index (χ1n) is 6.06. The number of aliphatic hydroxyl groups is 1. The van der Waals surface area contributed by atoms with Crippen molar-refractivity contribution in [2.24, 2.45) is 0 Å². The van der Waals surface area contributed by atoms with Crippen molar-refractivity contribution < 1.29 is 9.84 Å². The molecule has 1 unspecified atom stereocenters. The standard InChI is InChI=1S/C11H22N2O2/c14-8-11-9-15-7-6-13(11)5-1-4-12-10-2-3-10/h10-12,14H,1-9H2. The average molecular weight is 214 g/mol. The number of hydrogen-bond donors (Lipinski definition) is 2. The molecule has 0 amide bonds. The van der Waals surface area contributed by atoms with Gasteiger partial charge in [-0.2, -0.15) is 0 Å². The number of morpholine rings is 1. The van der Waals surface area contributed by atoms with Gasteiger partial charge >= 0.3 is 0 Å². The third kappa shape index (κ3) is 3.72. The molecule has 0 bridgehead atoms. The lowest BCUT2D eigenvalue weighted by Crippen LogP contribution is -2.48. The largest absolute Gasteiger partial charge is 0.395 e. The molecule has 1 saturated heterocycles. The molecule has 4 nitrogen and oxygen atoms in total. The van der Waals surface area contributed by atoms with Crippen molar-refractivity contribution in [2.45, 2.75) is 31.3 Å². The molecule has 1 aliphatic heterocycles. The highest BCUT2D eigenvalue weighted by molar-refractivity contribution is 4.81. The lowest BCUT2D eigenvalue weighted by Gasteiger charge is -2.34. The van der Waals surface area contributed by atoms with Gasteiger partial charge in [0.15, 0.2) is 0 Å². The van der Waals surface area contributed by atoms with Gasteiger partial charge in [0.2, 0.25) is 0 Å². The molecule has 0 radical (unpaired) electrons. The zero-order chi connectivity index (χ0) is 10.5. The maximum atomic E-state index is 9.18. The summed E-state index contributed by atoms with van der Waals surface area (Å²) >= 11 is 0. The van der Waals surface area contributed by atoms with E-state index in [0.717, 1.165) is 32.3 Å². The Bertz CT molecular complexity index is 185. The molecule has 0 aromatic carbocycles. The fourth-order valence-corrected chi connectivity index (χ4v) is 2.03. The van der Waals surface area contributed by atoms with E-state index < -0.39 is 0 Å². The first kappa shape index (κ1) is 11.3. The van der Waals surface area contributed by atoms with Crippen LogP contribution < -0.4 is 5.32 Å². The van der Waals surface area contributed by atoms with E-state index in [4.69, 9.17) is 4.74 Å². The smallest absolute Gasteiger partial charge is 0.0644 e. The third-order valence-electron chi connectivity index (χ3n) is 3.19. The zero-order valence-electron chi connectivity index (χ0n) is 9.32. The minimum Gasteiger partial charge on any atom is -0.395 e. The van der Waals surface area contributed by atoms with E-state index in [1.165, 1.54) is 19.3 Å². The minimum absolute atomic E-state index is 0.218. The Hall–Kier alpha value is -0.160. The molecule has 4 heteroatoms. The fraction of sp³-hybridized carbons (Fsp3) is 1.00. The van der Waals surface area contributed by atoms with Gasteiger partial charge in [0, 0.05) is 12.6 Å². The molecule has 88 valence electrons. The molecule has 0 aromatic rings. The van der Waals surface area contributed by atoms with E-state index >= 15 is 0 Å². The Balaban J connectivity index is 1.58. The van der Waals surface area contributed by atoms with Gasteiger partial charge in [0.25, 0.3) is 0 Å². The highest BCUT2D eigenvalue weighted by Crippen LogP contribution is 2.18. The number of nitrogens with zero attached hydrogens (tertiary/aromatic N) is 1. The Labute approximate surface area is 91.6 Å². The van der Waals surface area contributed by atoms with Crippen LogP contribution in [0.1, 0.15) is 19.3 Å². The second kappa shape index (κ2) is 5.80. The van der Waals surface area contributed by atoms with Gasteiger partial charge in [-0.1, -0.05) is 0 Å². The van der Waals surface area contributed by atoms with Gasteiger partial charge < -0.3 is 15.2 Å². The Kier molecular flexibility index (Phi) is 4.38. The molecule has 15 heavy (non-hydrogen) atoms. The molecule has 0 aromatic heterocycles. The number of ether oxygens (including phenoxy) is 1. The Morgan fingerprint density at radius 2 is 2.27 bits per heavy atom. The Morgan fingerprint density at radius 1 is 1.40 bits per heavy atom. The van der Waals surface area contributed by atoms with Crippen LogP contribution in [0.4, 0.5) is 0 Å². The highest BCUT2D eigenvalue weighted by Gasteiger charge is 2.22. The summed E-state index contributed by atoms with van der Waals surface area (Å²) in [5.74, 6) is 0. The first-order valence-corrected chi connectivity index (χ1v) is 6.06. The van der Waals surface area contributed by atoms with Crippen LogP contribution in [0.3, 0.4) is 0 Å². The molecule has 2 aliphatic rings. The lowest BCUT2D eigenvalue weighted by atomic mass is 10.2. The number of nitrogens with one attached hydrogen (secondary N) is 1. The van der Waals surface area contributed by atoms with Gasteiger partial charge in [-0.05, 0) is 32.4 Å². The molecule has 2 N–H and O–H groups in total. The molecule has 1 saturated carbocycles. The maximum Gasteiger partial charge on any atom is 0.0644 e.